The van der Waals surface area contributed by atoms with Crippen LogP contribution in [0.1, 0.15) is 0 Å². The lowest BCUT2D eigenvalue weighted by molar-refractivity contribution is 0.133. The van der Waals surface area contributed by atoms with E-state index in [1.807, 2.05) is 53.1 Å². The lowest BCUT2D eigenvalue weighted by atomic mass is 10.1. The van der Waals surface area contributed by atoms with Crippen LogP contribution in [0.4, 0.5) is 4.39 Å². The van der Waals surface area contributed by atoms with E-state index in [0.717, 1.165) is 22.6 Å². The fourth-order valence-corrected chi connectivity index (χ4v) is 3.15. The summed E-state index contributed by atoms with van der Waals surface area (Å²) in [5.41, 5.74) is 4.19. The lowest BCUT2D eigenvalue weighted by Gasteiger charge is -2.12. The van der Waals surface area contributed by atoms with Crippen LogP contribution in [0.15, 0.2) is 79.1 Å². The molecule has 0 bridgehead atoms. The highest BCUT2D eigenvalue weighted by atomic mass is 19.1. The summed E-state index contributed by atoms with van der Waals surface area (Å²) in [6, 6.07) is 20.2. The van der Waals surface area contributed by atoms with Gasteiger partial charge in [-0.25, -0.2) is 9.37 Å². The van der Waals surface area contributed by atoms with E-state index in [2.05, 4.69) is 4.98 Å². The van der Waals surface area contributed by atoms with Crippen LogP contribution in [0.3, 0.4) is 0 Å². The average molecular weight is 359 g/mol. The van der Waals surface area contributed by atoms with Crippen LogP contribution in [0, 0.1) is 5.82 Å². The van der Waals surface area contributed by atoms with Crippen LogP contribution in [-0.4, -0.2) is 21.6 Å². The van der Waals surface area contributed by atoms with E-state index in [9.17, 15) is 4.39 Å². The SMILES string of the molecule is COCn1c(-c2ccccc2)nc(-c2cccc(F)c2)c1-c1ccncc1. The van der Waals surface area contributed by atoms with Gasteiger partial charge in [-0.1, -0.05) is 42.5 Å². The molecule has 0 radical (unpaired) electrons. The monoisotopic (exact) mass is 359 g/mol. The van der Waals surface area contributed by atoms with Crippen LogP contribution in [0.25, 0.3) is 33.9 Å². The normalized spacial score (nSPS) is 10.9. The number of hydrogen-bond acceptors (Lipinski definition) is 3. The van der Waals surface area contributed by atoms with Crippen molar-refractivity contribution in [1.29, 1.82) is 0 Å². The first-order valence-corrected chi connectivity index (χ1v) is 8.59. The molecule has 0 fully saturated rings. The van der Waals surface area contributed by atoms with E-state index < -0.39 is 0 Å². The molecule has 0 saturated carbocycles. The number of hydrogen-bond donors (Lipinski definition) is 0. The van der Waals surface area contributed by atoms with E-state index in [1.54, 1.807) is 25.6 Å². The zero-order valence-corrected chi connectivity index (χ0v) is 14.8. The molecule has 4 rings (SSSR count). The second-order valence-electron chi connectivity index (χ2n) is 6.09. The number of pyridine rings is 1. The number of methoxy groups -OCH3 is 1. The van der Waals surface area contributed by atoms with Crippen molar-refractivity contribution in [3.63, 3.8) is 0 Å². The number of halogens is 1. The van der Waals surface area contributed by atoms with E-state index >= 15 is 0 Å². The zero-order chi connectivity index (χ0) is 18.6. The summed E-state index contributed by atoms with van der Waals surface area (Å²) < 4.78 is 21.4. The van der Waals surface area contributed by atoms with Crippen molar-refractivity contribution in [3.8, 4) is 33.9 Å². The largest absolute Gasteiger partial charge is 0.364 e. The molecule has 2 aromatic carbocycles. The number of nitrogens with zero attached hydrogens (tertiary/aromatic N) is 3. The van der Waals surface area contributed by atoms with Gasteiger partial charge in [0.1, 0.15) is 18.4 Å². The van der Waals surface area contributed by atoms with Gasteiger partial charge in [0.15, 0.2) is 0 Å². The van der Waals surface area contributed by atoms with Crippen molar-refractivity contribution in [2.45, 2.75) is 6.73 Å². The smallest absolute Gasteiger partial charge is 0.143 e. The highest BCUT2D eigenvalue weighted by Gasteiger charge is 2.21. The summed E-state index contributed by atoms with van der Waals surface area (Å²) in [6.45, 7) is 0.324. The van der Waals surface area contributed by atoms with Crippen LogP contribution in [-0.2, 0) is 11.5 Å². The minimum atomic E-state index is -0.296. The fourth-order valence-electron chi connectivity index (χ4n) is 3.15. The molecule has 4 nitrogen and oxygen atoms in total. The van der Waals surface area contributed by atoms with Crippen LogP contribution >= 0.6 is 0 Å². The Hall–Kier alpha value is -3.31. The molecule has 4 aromatic rings. The molecular formula is C22H18FN3O. The van der Waals surface area contributed by atoms with Gasteiger partial charge >= 0.3 is 0 Å². The molecule has 0 atom stereocenters. The predicted molar refractivity (Wildman–Crippen MR) is 103 cm³/mol. The van der Waals surface area contributed by atoms with Gasteiger partial charge in [0.2, 0.25) is 0 Å². The maximum absolute atomic E-state index is 13.9. The Kier molecular flexibility index (Phi) is 4.77. The molecule has 0 amide bonds. The first kappa shape index (κ1) is 17.1. The van der Waals surface area contributed by atoms with E-state index in [1.165, 1.54) is 12.1 Å². The zero-order valence-electron chi connectivity index (χ0n) is 14.8. The third-order valence-corrected chi connectivity index (χ3v) is 4.31. The Bertz CT molecular complexity index is 1050. The van der Waals surface area contributed by atoms with Crippen molar-refractivity contribution in [2.75, 3.05) is 7.11 Å². The van der Waals surface area contributed by atoms with Gasteiger partial charge in [0, 0.05) is 36.2 Å². The summed E-state index contributed by atoms with van der Waals surface area (Å²) in [7, 11) is 1.65. The summed E-state index contributed by atoms with van der Waals surface area (Å²) >= 11 is 0. The molecule has 0 aliphatic carbocycles. The third-order valence-electron chi connectivity index (χ3n) is 4.31. The number of imidazole rings is 1. The minimum absolute atomic E-state index is 0.296. The van der Waals surface area contributed by atoms with Crippen molar-refractivity contribution in [1.82, 2.24) is 14.5 Å². The van der Waals surface area contributed by atoms with Crippen LogP contribution in [0.2, 0.25) is 0 Å². The summed E-state index contributed by atoms with van der Waals surface area (Å²) in [6.07, 6.45) is 3.47. The Morgan fingerprint density at radius 2 is 1.63 bits per heavy atom. The number of rotatable bonds is 5. The molecule has 0 aliphatic rings. The molecular weight excluding hydrogens is 341 g/mol. The van der Waals surface area contributed by atoms with Crippen molar-refractivity contribution < 1.29 is 9.13 Å². The van der Waals surface area contributed by atoms with Crippen molar-refractivity contribution in [2.24, 2.45) is 0 Å². The van der Waals surface area contributed by atoms with Gasteiger partial charge in [-0.3, -0.25) is 9.55 Å². The summed E-state index contributed by atoms with van der Waals surface area (Å²) in [5, 5.41) is 0. The van der Waals surface area contributed by atoms with Crippen LogP contribution in [0.5, 0.6) is 0 Å². The molecule has 0 spiro atoms. The molecule has 5 heteroatoms. The van der Waals surface area contributed by atoms with Gasteiger partial charge in [-0.2, -0.15) is 0 Å². The highest BCUT2D eigenvalue weighted by Crippen LogP contribution is 2.36. The molecule has 0 unspecified atom stereocenters. The summed E-state index contributed by atoms with van der Waals surface area (Å²) in [4.78, 5) is 8.99. The standard InChI is InChI=1S/C22H18FN3O/c1-27-15-26-21(16-10-12-24-13-11-16)20(18-8-5-9-19(23)14-18)25-22(26)17-6-3-2-4-7-17/h2-14H,15H2,1H3. The summed E-state index contributed by atoms with van der Waals surface area (Å²) in [5.74, 6) is 0.472. The van der Waals surface area contributed by atoms with Gasteiger partial charge in [-0.15, -0.1) is 0 Å². The van der Waals surface area contributed by atoms with Gasteiger partial charge in [-0.05, 0) is 24.3 Å². The maximum atomic E-state index is 13.9. The maximum Gasteiger partial charge on any atom is 0.143 e. The molecule has 2 heterocycles. The number of ether oxygens (including phenoxy) is 1. The molecule has 134 valence electrons. The van der Waals surface area contributed by atoms with E-state index in [4.69, 9.17) is 9.72 Å². The van der Waals surface area contributed by atoms with Gasteiger partial charge in [0.25, 0.3) is 0 Å². The Morgan fingerprint density at radius 3 is 2.33 bits per heavy atom. The second kappa shape index (κ2) is 7.51. The molecule has 27 heavy (non-hydrogen) atoms. The number of benzene rings is 2. The molecule has 0 N–H and O–H groups in total. The fraction of sp³-hybridized carbons (Fsp3) is 0.0909. The van der Waals surface area contributed by atoms with Crippen molar-refractivity contribution in [3.05, 3.63) is 84.9 Å². The Balaban J connectivity index is 2.02. The van der Waals surface area contributed by atoms with E-state index in [-0.39, 0.29) is 5.82 Å². The molecule has 0 aliphatic heterocycles. The third kappa shape index (κ3) is 3.37. The van der Waals surface area contributed by atoms with Crippen molar-refractivity contribution >= 4 is 0 Å². The Labute approximate surface area is 156 Å². The average Bonchev–Trinajstić information content (AvgIpc) is 3.09. The number of aromatic nitrogens is 3. The first-order chi connectivity index (χ1) is 13.3. The first-order valence-electron chi connectivity index (χ1n) is 8.59. The van der Waals surface area contributed by atoms with E-state index in [0.29, 0.717) is 18.0 Å². The topological polar surface area (TPSA) is 39.9 Å². The lowest BCUT2D eigenvalue weighted by Crippen LogP contribution is -2.04. The second-order valence-corrected chi connectivity index (χ2v) is 6.09. The highest BCUT2D eigenvalue weighted by molar-refractivity contribution is 5.82. The van der Waals surface area contributed by atoms with Gasteiger partial charge in [0.05, 0.1) is 11.4 Å². The van der Waals surface area contributed by atoms with Crippen LogP contribution < -0.4 is 0 Å². The molecule has 2 aromatic heterocycles. The Morgan fingerprint density at radius 1 is 0.889 bits per heavy atom. The minimum Gasteiger partial charge on any atom is -0.364 e. The predicted octanol–water partition coefficient (Wildman–Crippen LogP) is 5.02. The quantitative estimate of drug-likeness (QED) is 0.502. The molecule has 0 saturated heterocycles. The van der Waals surface area contributed by atoms with Gasteiger partial charge < -0.3 is 4.74 Å².